The van der Waals surface area contributed by atoms with Gasteiger partial charge < -0.3 is 10.2 Å². The van der Waals surface area contributed by atoms with Gasteiger partial charge in [-0.3, -0.25) is 9.89 Å². The van der Waals surface area contributed by atoms with Crippen molar-refractivity contribution in [2.45, 2.75) is 6.92 Å². The van der Waals surface area contributed by atoms with Crippen LogP contribution >= 0.6 is 0 Å². The molecule has 4 nitrogen and oxygen atoms in total. The molecule has 0 aliphatic rings. The number of hydrogen-bond acceptors (Lipinski definition) is 2. The fraction of sp³-hybridized carbons (Fsp3) is 0.200. The van der Waals surface area contributed by atoms with Crippen molar-refractivity contribution in [3.63, 3.8) is 0 Å². The predicted octanol–water partition coefficient (Wildman–Crippen LogP) is -0.109. The summed E-state index contributed by atoms with van der Waals surface area (Å²) in [7, 11) is 0. The Morgan fingerprint density at radius 3 is 2.30 bits per heavy atom. The summed E-state index contributed by atoms with van der Waals surface area (Å²) in [5.74, 6) is 0. The Morgan fingerprint density at radius 2 is 2.10 bits per heavy atom. The van der Waals surface area contributed by atoms with E-state index in [1.165, 1.54) is 0 Å². The number of aliphatic hydroxyl groups excluding tert-OH is 1. The van der Waals surface area contributed by atoms with Crippen LogP contribution in [0.5, 0.6) is 0 Å². The van der Waals surface area contributed by atoms with Crippen LogP contribution in [-0.2, 0) is 32.7 Å². The molecule has 0 saturated heterocycles. The van der Waals surface area contributed by atoms with Gasteiger partial charge in [-0.25, -0.2) is 0 Å². The Labute approximate surface area is 82.9 Å². The molecule has 0 bridgehead atoms. The Morgan fingerprint density at radius 1 is 1.50 bits per heavy atom. The zero-order chi connectivity index (χ0) is 6.85. The SMILES string of the molecule is Cc1c([CH-]O)[nH][nH]c1=O.[Y+3]. The molecule has 0 spiro atoms. The van der Waals surface area contributed by atoms with Crippen LogP contribution in [0.15, 0.2) is 4.79 Å². The molecule has 1 aromatic rings. The van der Waals surface area contributed by atoms with E-state index in [2.05, 4.69) is 10.2 Å². The van der Waals surface area contributed by atoms with Gasteiger partial charge in [-0.05, 0) is 0 Å². The number of hydrogen-bond donors (Lipinski definition) is 3. The Bertz CT molecular complexity index is 252. The van der Waals surface area contributed by atoms with Crippen LogP contribution < -0.4 is 5.56 Å². The van der Waals surface area contributed by atoms with E-state index in [9.17, 15) is 4.79 Å². The smallest absolute Gasteiger partial charge is 0.456 e. The van der Waals surface area contributed by atoms with Crippen LogP contribution in [0.3, 0.4) is 0 Å². The second-order valence-corrected chi connectivity index (χ2v) is 1.75. The van der Waals surface area contributed by atoms with E-state index >= 15 is 0 Å². The van der Waals surface area contributed by atoms with Gasteiger partial charge in [0.05, 0.1) is 0 Å². The van der Waals surface area contributed by atoms with Gasteiger partial charge >= 0.3 is 32.7 Å². The standard InChI is InChI=1S/C5H7N2O2.Y/c1-3-4(2-8)6-7-5(3)9;/h2,8H,1H3,(H2,6,7,9);/q-1;+3. The maximum atomic E-state index is 10.6. The number of nitrogens with one attached hydrogen (secondary N) is 2. The molecule has 0 radical (unpaired) electrons. The van der Waals surface area contributed by atoms with Crippen LogP contribution in [0, 0.1) is 13.5 Å². The summed E-state index contributed by atoms with van der Waals surface area (Å²) in [5.41, 5.74) is 0.729. The molecular weight excluding hydrogens is 209 g/mol. The van der Waals surface area contributed by atoms with E-state index in [0.717, 1.165) is 6.61 Å². The summed E-state index contributed by atoms with van der Waals surface area (Å²) >= 11 is 0. The summed E-state index contributed by atoms with van der Waals surface area (Å²) in [4.78, 5) is 10.6. The summed E-state index contributed by atoms with van der Waals surface area (Å²) in [6.07, 6.45) is 0. The first kappa shape index (κ1) is 9.94. The van der Waals surface area contributed by atoms with Crippen molar-refractivity contribution >= 4 is 0 Å². The number of rotatable bonds is 1. The molecule has 3 N–H and O–H groups in total. The first-order valence-electron chi connectivity index (χ1n) is 2.50. The first-order chi connectivity index (χ1) is 4.25. The fourth-order valence-corrected chi connectivity index (χ4v) is 0.563. The molecule has 0 atom stereocenters. The van der Waals surface area contributed by atoms with Crippen molar-refractivity contribution in [1.29, 1.82) is 0 Å². The molecule has 0 aliphatic carbocycles. The summed E-state index contributed by atoms with van der Waals surface area (Å²) in [6, 6.07) is 0. The zero-order valence-electron chi connectivity index (χ0n) is 5.51. The van der Waals surface area contributed by atoms with Gasteiger partial charge in [-0.15, -0.1) is 12.5 Å². The van der Waals surface area contributed by atoms with Gasteiger partial charge in [-0.1, -0.05) is 12.3 Å². The second-order valence-electron chi connectivity index (χ2n) is 1.75. The van der Waals surface area contributed by atoms with Crippen molar-refractivity contribution in [1.82, 2.24) is 10.2 Å². The van der Waals surface area contributed by atoms with Gasteiger partial charge in [0.1, 0.15) is 0 Å². The summed E-state index contributed by atoms with van der Waals surface area (Å²) < 4.78 is 0. The van der Waals surface area contributed by atoms with Gasteiger partial charge in [0.15, 0.2) is 5.56 Å². The van der Waals surface area contributed by atoms with E-state index in [0.29, 0.717) is 11.3 Å². The molecule has 0 aliphatic heterocycles. The third-order valence-corrected chi connectivity index (χ3v) is 1.18. The molecule has 0 fully saturated rings. The Kier molecular flexibility index (Phi) is 3.93. The fourth-order valence-electron chi connectivity index (χ4n) is 0.563. The molecule has 1 aromatic heterocycles. The van der Waals surface area contributed by atoms with Crippen molar-refractivity contribution in [3.8, 4) is 0 Å². The van der Waals surface area contributed by atoms with E-state index < -0.39 is 0 Å². The molecule has 0 amide bonds. The molecular formula is C5H7N2O2Y+2. The zero-order valence-corrected chi connectivity index (χ0v) is 8.35. The second kappa shape index (κ2) is 3.96. The maximum absolute atomic E-state index is 10.6. The Balaban J connectivity index is 0.000000810. The molecule has 1 heterocycles. The average Bonchev–Trinajstić information content (AvgIpc) is 2.15. The monoisotopic (exact) mass is 216 g/mol. The van der Waals surface area contributed by atoms with E-state index in [1.807, 2.05) is 0 Å². The van der Waals surface area contributed by atoms with Crippen LogP contribution in [0.2, 0.25) is 0 Å². The minimum Gasteiger partial charge on any atom is -0.456 e. The quantitative estimate of drug-likeness (QED) is 0.573. The third kappa shape index (κ3) is 1.72. The number of aromatic amines is 2. The van der Waals surface area contributed by atoms with Crippen molar-refractivity contribution in [3.05, 3.63) is 28.2 Å². The minimum absolute atomic E-state index is 0. The minimum atomic E-state index is -0.199. The van der Waals surface area contributed by atoms with Gasteiger partial charge in [0.2, 0.25) is 0 Å². The number of H-pyrrole nitrogens is 2. The van der Waals surface area contributed by atoms with Gasteiger partial charge in [0.25, 0.3) is 0 Å². The summed E-state index contributed by atoms with van der Waals surface area (Å²) in [6.45, 7) is 2.48. The van der Waals surface area contributed by atoms with E-state index in [-0.39, 0.29) is 38.3 Å². The predicted molar refractivity (Wildman–Crippen MR) is 31.5 cm³/mol. The molecule has 10 heavy (non-hydrogen) atoms. The van der Waals surface area contributed by atoms with E-state index in [4.69, 9.17) is 5.11 Å². The molecule has 50 valence electrons. The van der Waals surface area contributed by atoms with Crippen LogP contribution in [-0.4, -0.2) is 15.3 Å². The van der Waals surface area contributed by atoms with E-state index in [1.54, 1.807) is 6.92 Å². The molecule has 0 unspecified atom stereocenters. The molecule has 0 aromatic carbocycles. The van der Waals surface area contributed by atoms with Crippen molar-refractivity contribution < 1.29 is 37.8 Å². The number of aromatic nitrogens is 2. The van der Waals surface area contributed by atoms with Gasteiger partial charge in [0, 0.05) is 0 Å². The topological polar surface area (TPSA) is 68.9 Å². The van der Waals surface area contributed by atoms with Gasteiger partial charge in [-0.2, -0.15) is 0 Å². The van der Waals surface area contributed by atoms with Crippen LogP contribution in [0.4, 0.5) is 0 Å². The average molecular weight is 216 g/mol. The van der Waals surface area contributed by atoms with Crippen molar-refractivity contribution in [2.24, 2.45) is 0 Å². The number of aliphatic hydroxyl groups is 1. The van der Waals surface area contributed by atoms with Crippen LogP contribution in [0.1, 0.15) is 11.3 Å². The largest absolute Gasteiger partial charge is 3.00 e. The molecule has 1 rings (SSSR count). The van der Waals surface area contributed by atoms with Crippen LogP contribution in [0.25, 0.3) is 0 Å². The summed E-state index contributed by atoms with van der Waals surface area (Å²) in [5, 5.41) is 13.2. The Hall–Kier alpha value is -0.0561. The van der Waals surface area contributed by atoms with Crippen molar-refractivity contribution in [2.75, 3.05) is 0 Å². The molecule has 0 saturated carbocycles. The molecule has 5 heteroatoms. The maximum Gasteiger partial charge on any atom is 3.00 e. The normalized spacial score (nSPS) is 8.60. The third-order valence-electron chi connectivity index (χ3n) is 1.18. The first-order valence-corrected chi connectivity index (χ1v) is 2.50.